The lowest BCUT2D eigenvalue weighted by molar-refractivity contribution is -0.137. The van der Waals surface area contributed by atoms with Crippen molar-refractivity contribution in [1.29, 1.82) is 0 Å². The van der Waals surface area contributed by atoms with E-state index in [0.29, 0.717) is 13.2 Å². The normalized spacial score (nSPS) is 10.7. The van der Waals surface area contributed by atoms with Crippen LogP contribution in [0.1, 0.15) is 33.1 Å². The highest BCUT2D eigenvalue weighted by Crippen LogP contribution is 1.94. The van der Waals surface area contributed by atoms with Gasteiger partial charge in [0.15, 0.2) is 0 Å². The summed E-state index contributed by atoms with van der Waals surface area (Å²) in [7, 11) is 0. The predicted octanol–water partition coefficient (Wildman–Crippen LogP) is 2.31. The minimum Gasteiger partial charge on any atom is -0.463 e. The summed E-state index contributed by atoms with van der Waals surface area (Å²) >= 11 is 0. The van der Waals surface area contributed by atoms with Gasteiger partial charge in [-0.05, 0) is 13.3 Å². The number of carbonyl (C=O) groups is 1. The van der Waals surface area contributed by atoms with Crippen molar-refractivity contribution in [3.05, 3.63) is 12.2 Å². The molecule has 0 atom stereocenters. The molecular formula is C11H20O3. The second kappa shape index (κ2) is 10.3. The van der Waals surface area contributed by atoms with Gasteiger partial charge in [-0.25, -0.2) is 4.79 Å². The minimum absolute atomic E-state index is 0.301. The summed E-state index contributed by atoms with van der Waals surface area (Å²) < 4.78 is 9.98. The molecule has 3 heteroatoms. The van der Waals surface area contributed by atoms with Gasteiger partial charge in [0, 0.05) is 12.7 Å². The lowest BCUT2D eigenvalue weighted by Crippen LogP contribution is -2.00. The molecule has 0 spiro atoms. The summed E-state index contributed by atoms with van der Waals surface area (Å²) in [5, 5.41) is 0. The van der Waals surface area contributed by atoms with Crippen molar-refractivity contribution in [2.24, 2.45) is 0 Å². The average Bonchev–Trinajstić information content (AvgIpc) is 2.17. The summed E-state index contributed by atoms with van der Waals surface area (Å²) in [5.41, 5.74) is 0. The molecule has 3 nitrogen and oxygen atoms in total. The Morgan fingerprint density at radius 2 is 2.07 bits per heavy atom. The van der Waals surface area contributed by atoms with Gasteiger partial charge in [0.25, 0.3) is 0 Å². The molecule has 0 aliphatic rings. The van der Waals surface area contributed by atoms with Crippen LogP contribution in [0.25, 0.3) is 0 Å². The van der Waals surface area contributed by atoms with Crippen molar-refractivity contribution >= 4 is 5.97 Å². The van der Waals surface area contributed by atoms with Crippen LogP contribution in [0.3, 0.4) is 0 Å². The maximum absolute atomic E-state index is 10.8. The molecule has 0 aromatic carbocycles. The molecular weight excluding hydrogens is 180 g/mol. The number of unbranched alkanes of at least 4 members (excludes halogenated alkanes) is 2. The van der Waals surface area contributed by atoms with Crippen LogP contribution in [0.5, 0.6) is 0 Å². The van der Waals surface area contributed by atoms with Gasteiger partial charge in [-0.1, -0.05) is 25.8 Å². The van der Waals surface area contributed by atoms with Crippen LogP contribution in [0.15, 0.2) is 12.2 Å². The van der Waals surface area contributed by atoms with Gasteiger partial charge >= 0.3 is 5.97 Å². The highest BCUT2D eigenvalue weighted by Gasteiger charge is 1.91. The number of hydrogen-bond donors (Lipinski definition) is 0. The highest BCUT2D eigenvalue weighted by atomic mass is 16.5. The van der Waals surface area contributed by atoms with Crippen LogP contribution >= 0.6 is 0 Å². The molecule has 0 radical (unpaired) electrons. The first kappa shape index (κ1) is 13.2. The number of esters is 1. The van der Waals surface area contributed by atoms with E-state index in [1.165, 1.54) is 18.9 Å². The zero-order valence-corrected chi connectivity index (χ0v) is 9.12. The summed E-state index contributed by atoms with van der Waals surface area (Å²) in [6.07, 6.45) is 6.57. The van der Waals surface area contributed by atoms with Crippen molar-refractivity contribution in [3.8, 4) is 0 Å². The molecule has 0 aromatic rings. The molecule has 0 bridgehead atoms. The van der Waals surface area contributed by atoms with Crippen LogP contribution in [0.2, 0.25) is 0 Å². The van der Waals surface area contributed by atoms with E-state index in [9.17, 15) is 4.79 Å². The Morgan fingerprint density at radius 1 is 1.29 bits per heavy atom. The molecule has 0 aromatic heterocycles. The Hall–Kier alpha value is -0.830. The Balaban J connectivity index is 3.22. The van der Waals surface area contributed by atoms with Gasteiger partial charge in [-0.15, -0.1) is 0 Å². The van der Waals surface area contributed by atoms with E-state index >= 15 is 0 Å². The Morgan fingerprint density at radius 3 is 2.71 bits per heavy atom. The van der Waals surface area contributed by atoms with E-state index in [1.54, 1.807) is 13.0 Å². The van der Waals surface area contributed by atoms with Crippen molar-refractivity contribution in [2.45, 2.75) is 33.1 Å². The van der Waals surface area contributed by atoms with Gasteiger partial charge in [-0.2, -0.15) is 0 Å². The van der Waals surface area contributed by atoms with Gasteiger partial charge in [0.2, 0.25) is 0 Å². The first-order chi connectivity index (χ1) is 6.81. The zero-order valence-electron chi connectivity index (χ0n) is 9.12. The summed E-state index contributed by atoms with van der Waals surface area (Å²) in [6.45, 7) is 5.61. The first-order valence-corrected chi connectivity index (χ1v) is 5.22. The maximum atomic E-state index is 10.8. The largest absolute Gasteiger partial charge is 0.463 e. The third-order valence-electron chi connectivity index (χ3n) is 1.65. The lowest BCUT2D eigenvalue weighted by atomic mass is 10.3. The molecule has 0 aliphatic carbocycles. The van der Waals surface area contributed by atoms with Gasteiger partial charge in [-0.3, -0.25) is 0 Å². The van der Waals surface area contributed by atoms with Gasteiger partial charge in [0.05, 0.1) is 13.2 Å². The van der Waals surface area contributed by atoms with E-state index in [0.717, 1.165) is 13.0 Å². The average molecular weight is 200 g/mol. The molecule has 0 heterocycles. The minimum atomic E-state index is -0.301. The van der Waals surface area contributed by atoms with E-state index in [2.05, 4.69) is 6.92 Å². The predicted molar refractivity (Wildman–Crippen MR) is 56.1 cm³/mol. The van der Waals surface area contributed by atoms with Crippen LogP contribution in [0, 0.1) is 0 Å². The smallest absolute Gasteiger partial charge is 0.330 e. The van der Waals surface area contributed by atoms with E-state index in [-0.39, 0.29) is 5.97 Å². The van der Waals surface area contributed by atoms with Crippen LogP contribution < -0.4 is 0 Å². The molecule has 82 valence electrons. The number of carbonyl (C=O) groups excluding carboxylic acids is 1. The van der Waals surface area contributed by atoms with Crippen LogP contribution in [-0.4, -0.2) is 25.8 Å². The second-order valence-corrected chi connectivity index (χ2v) is 2.94. The quantitative estimate of drug-likeness (QED) is 0.342. The van der Waals surface area contributed by atoms with Crippen LogP contribution in [-0.2, 0) is 14.3 Å². The Kier molecular flexibility index (Phi) is 9.64. The van der Waals surface area contributed by atoms with Crippen molar-refractivity contribution < 1.29 is 14.3 Å². The van der Waals surface area contributed by atoms with Crippen molar-refractivity contribution in [3.63, 3.8) is 0 Å². The Bertz CT molecular complexity index is 164. The first-order valence-electron chi connectivity index (χ1n) is 5.22. The molecule has 0 fully saturated rings. The standard InChI is InChI=1S/C11H20O3/c1-3-5-6-9-13-10-7-8-11(12)14-4-2/h7-8H,3-6,9-10H2,1-2H3/b8-7+. The third kappa shape index (κ3) is 9.26. The van der Waals surface area contributed by atoms with E-state index < -0.39 is 0 Å². The topological polar surface area (TPSA) is 35.5 Å². The molecule has 0 N–H and O–H groups in total. The van der Waals surface area contributed by atoms with Crippen molar-refractivity contribution in [1.82, 2.24) is 0 Å². The molecule has 0 amide bonds. The van der Waals surface area contributed by atoms with Crippen LogP contribution in [0.4, 0.5) is 0 Å². The second-order valence-electron chi connectivity index (χ2n) is 2.94. The molecule has 14 heavy (non-hydrogen) atoms. The Labute approximate surface area is 86.1 Å². The monoisotopic (exact) mass is 200 g/mol. The lowest BCUT2D eigenvalue weighted by Gasteiger charge is -1.99. The maximum Gasteiger partial charge on any atom is 0.330 e. The molecule has 0 saturated heterocycles. The fraction of sp³-hybridized carbons (Fsp3) is 0.727. The van der Waals surface area contributed by atoms with E-state index in [1.807, 2.05) is 0 Å². The highest BCUT2D eigenvalue weighted by molar-refractivity contribution is 5.81. The molecule has 0 saturated carbocycles. The summed E-state index contributed by atoms with van der Waals surface area (Å²) in [5.74, 6) is -0.301. The number of hydrogen-bond acceptors (Lipinski definition) is 3. The molecule has 0 aliphatic heterocycles. The SMILES string of the molecule is CCCCCOC/C=C/C(=O)OCC. The molecule has 0 rings (SSSR count). The van der Waals surface area contributed by atoms with Crippen molar-refractivity contribution in [2.75, 3.05) is 19.8 Å². The van der Waals surface area contributed by atoms with Gasteiger partial charge in [0.1, 0.15) is 0 Å². The van der Waals surface area contributed by atoms with Gasteiger partial charge < -0.3 is 9.47 Å². The van der Waals surface area contributed by atoms with E-state index in [4.69, 9.17) is 9.47 Å². The summed E-state index contributed by atoms with van der Waals surface area (Å²) in [4.78, 5) is 10.8. The fourth-order valence-corrected chi connectivity index (χ4v) is 0.940. The number of ether oxygens (including phenoxy) is 2. The summed E-state index contributed by atoms with van der Waals surface area (Å²) in [6, 6.07) is 0. The zero-order chi connectivity index (χ0) is 10.6. The third-order valence-corrected chi connectivity index (χ3v) is 1.65. The fourth-order valence-electron chi connectivity index (χ4n) is 0.940. The number of rotatable bonds is 8. The molecule has 0 unspecified atom stereocenters.